The number of benzene rings is 1. The van der Waals surface area contributed by atoms with Crippen molar-refractivity contribution >= 4 is 36.3 Å². The van der Waals surface area contributed by atoms with Gasteiger partial charge in [-0.15, -0.1) is 0 Å². The molecule has 0 bridgehead atoms. The Morgan fingerprint density at radius 2 is 1.65 bits per heavy atom. The molecule has 3 amide bonds. The molecule has 2 rings (SSSR count). The van der Waals surface area contributed by atoms with Crippen LogP contribution in [-0.2, 0) is 25.6 Å². The van der Waals surface area contributed by atoms with Gasteiger partial charge in [0.05, 0.1) is 6.04 Å². The molecule has 1 aliphatic rings. The Balaban J connectivity index is 2.15. The van der Waals surface area contributed by atoms with Crippen molar-refractivity contribution in [2.45, 2.75) is 63.7 Å². The topological polar surface area (TPSA) is 157 Å². The molecule has 1 aliphatic heterocycles. The Labute approximate surface area is 204 Å². The standard InChI is InChI=1S/C23H34N4O6S/c1-13(2)10-18(23(32)33)26-21(30)17(11-14-5-7-15(28)8-6-14)25-22(31)19(12-34)27-20(29)16-4-3-9-24-16/h5-8,13,16-19,24,28,34H,3-4,9-12H2,1-2H3,(H,25,31)(H,26,30)(H,27,29)(H,32,33). The van der Waals surface area contributed by atoms with Gasteiger partial charge in [0.15, 0.2) is 0 Å². The minimum Gasteiger partial charge on any atom is -0.508 e. The van der Waals surface area contributed by atoms with Crippen LogP contribution in [0.25, 0.3) is 0 Å². The number of aliphatic carboxylic acids is 1. The van der Waals surface area contributed by atoms with E-state index in [4.69, 9.17) is 0 Å². The number of nitrogens with one attached hydrogen (secondary N) is 4. The number of carbonyl (C=O) groups is 4. The normalized spacial score (nSPS) is 18.1. The van der Waals surface area contributed by atoms with Crippen molar-refractivity contribution in [2.75, 3.05) is 12.3 Å². The van der Waals surface area contributed by atoms with Crippen molar-refractivity contribution in [1.82, 2.24) is 21.3 Å². The fourth-order valence-electron chi connectivity index (χ4n) is 3.69. The van der Waals surface area contributed by atoms with Gasteiger partial charge >= 0.3 is 5.97 Å². The highest BCUT2D eigenvalue weighted by molar-refractivity contribution is 7.80. The van der Waals surface area contributed by atoms with Gasteiger partial charge in [-0.2, -0.15) is 12.6 Å². The molecule has 4 unspecified atom stereocenters. The van der Waals surface area contributed by atoms with E-state index in [1.165, 1.54) is 12.1 Å². The van der Waals surface area contributed by atoms with E-state index in [0.717, 1.165) is 13.0 Å². The molecule has 0 saturated carbocycles. The number of carboxylic acid groups (broad SMARTS) is 1. The van der Waals surface area contributed by atoms with E-state index >= 15 is 0 Å². The van der Waals surface area contributed by atoms with Crippen LogP contribution in [-0.4, -0.2) is 70.4 Å². The molecule has 188 valence electrons. The van der Waals surface area contributed by atoms with Gasteiger partial charge in [0.25, 0.3) is 0 Å². The van der Waals surface area contributed by atoms with Gasteiger partial charge in [0, 0.05) is 12.2 Å². The molecule has 1 fully saturated rings. The molecule has 0 aromatic heterocycles. The van der Waals surface area contributed by atoms with Crippen LogP contribution in [0.4, 0.5) is 0 Å². The first kappa shape index (κ1) is 27.5. The Morgan fingerprint density at radius 3 is 2.18 bits per heavy atom. The molecule has 1 aromatic rings. The summed E-state index contributed by atoms with van der Waals surface area (Å²) in [6, 6.07) is 2.56. The number of aromatic hydroxyl groups is 1. The van der Waals surface area contributed by atoms with Crippen LogP contribution in [0, 0.1) is 5.92 Å². The van der Waals surface area contributed by atoms with Crippen molar-refractivity contribution in [2.24, 2.45) is 5.92 Å². The summed E-state index contributed by atoms with van der Waals surface area (Å²) in [7, 11) is 0. The monoisotopic (exact) mass is 494 g/mol. The highest BCUT2D eigenvalue weighted by Crippen LogP contribution is 2.13. The van der Waals surface area contributed by atoms with E-state index in [0.29, 0.717) is 12.0 Å². The third-order valence-electron chi connectivity index (χ3n) is 5.52. The molecular formula is C23H34N4O6S. The van der Waals surface area contributed by atoms with Gasteiger partial charge in [-0.1, -0.05) is 26.0 Å². The number of thiol groups is 1. The molecule has 6 N–H and O–H groups in total. The van der Waals surface area contributed by atoms with Gasteiger partial charge in [-0.05, 0) is 49.4 Å². The second-order valence-electron chi connectivity index (χ2n) is 8.85. The predicted molar refractivity (Wildman–Crippen MR) is 130 cm³/mol. The number of carboxylic acids is 1. The lowest BCUT2D eigenvalue weighted by Crippen LogP contribution is -2.58. The zero-order chi connectivity index (χ0) is 25.3. The smallest absolute Gasteiger partial charge is 0.326 e. The van der Waals surface area contributed by atoms with E-state index in [1.54, 1.807) is 12.1 Å². The van der Waals surface area contributed by atoms with Gasteiger partial charge in [0.2, 0.25) is 17.7 Å². The summed E-state index contributed by atoms with van der Waals surface area (Å²) in [6.07, 6.45) is 1.82. The molecule has 0 radical (unpaired) electrons. The third kappa shape index (κ3) is 8.53. The second-order valence-corrected chi connectivity index (χ2v) is 9.22. The highest BCUT2D eigenvalue weighted by Gasteiger charge is 2.31. The second kappa shape index (κ2) is 13.2. The van der Waals surface area contributed by atoms with E-state index in [1.807, 2.05) is 13.8 Å². The largest absolute Gasteiger partial charge is 0.508 e. The zero-order valence-electron chi connectivity index (χ0n) is 19.4. The van der Waals surface area contributed by atoms with Crippen molar-refractivity contribution < 1.29 is 29.4 Å². The number of amides is 3. The van der Waals surface area contributed by atoms with Crippen LogP contribution in [0.5, 0.6) is 5.75 Å². The fourth-order valence-corrected chi connectivity index (χ4v) is 3.95. The maximum absolute atomic E-state index is 13.0. The van der Waals surface area contributed by atoms with Crippen LogP contribution in [0.3, 0.4) is 0 Å². The summed E-state index contributed by atoms with van der Waals surface area (Å²) in [4.78, 5) is 50.0. The number of hydrogen-bond acceptors (Lipinski definition) is 7. The lowest BCUT2D eigenvalue weighted by atomic mass is 10.0. The summed E-state index contributed by atoms with van der Waals surface area (Å²) < 4.78 is 0. The van der Waals surface area contributed by atoms with Crippen molar-refractivity contribution in [3.05, 3.63) is 29.8 Å². The maximum Gasteiger partial charge on any atom is 0.326 e. The molecule has 4 atom stereocenters. The number of carbonyl (C=O) groups excluding carboxylic acids is 3. The van der Waals surface area contributed by atoms with Crippen LogP contribution < -0.4 is 21.3 Å². The minimum absolute atomic E-state index is 0.0168. The molecule has 0 aliphatic carbocycles. The molecule has 1 aromatic carbocycles. The fraction of sp³-hybridized carbons (Fsp3) is 0.565. The van der Waals surface area contributed by atoms with E-state index in [-0.39, 0.29) is 42.2 Å². The van der Waals surface area contributed by atoms with Gasteiger partial charge in [-0.3, -0.25) is 14.4 Å². The Kier molecular flexibility index (Phi) is 10.6. The predicted octanol–water partition coefficient (Wildman–Crippen LogP) is 0.202. The average molecular weight is 495 g/mol. The average Bonchev–Trinajstić information content (AvgIpc) is 3.32. The van der Waals surface area contributed by atoms with E-state index in [2.05, 4.69) is 33.9 Å². The van der Waals surface area contributed by atoms with Crippen LogP contribution in [0.2, 0.25) is 0 Å². The van der Waals surface area contributed by atoms with Crippen LogP contribution in [0.1, 0.15) is 38.7 Å². The maximum atomic E-state index is 13.0. The Bertz CT molecular complexity index is 858. The molecular weight excluding hydrogens is 460 g/mol. The SMILES string of the molecule is CC(C)CC(NC(=O)C(Cc1ccc(O)cc1)NC(=O)C(CS)NC(=O)C1CCCN1)C(=O)O. The summed E-state index contributed by atoms with van der Waals surface area (Å²) in [5.74, 6) is -2.64. The van der Waals surface area contributed by atoms with E-state index in [9.17, 15) is 29.4 Å². The lowest BCUT2D eigenvalue weighted by molar-refractivity contribution is -0.142. The molecule has 34 heavy (non-hydrogen) atoms. The lowest BCUT2D eigenvalue weighted by Gasteiger charge is -2.25. The number of phenolic OH excluding ortho intramolecular Hbond substituents is 1. The summed E-state index contributed by atoms with van der Waals surface area (Å²) >= 11 is 4.17. The summed E-state index contributed by atoms with van der Waals surface area (Å²) in [5, 5.41) is 29.9. The van der Waals surface area contributed by atoms with Crippen LogP contribution >= 0.6 is 12.6 Å². The first-order valence-electron chi connectivity index (χ1n) is 11.4. The molecule has 0 spiro atoms. The summed E-state index contributed by atoms with van der Waals surface area (Å²) in [5.41, 5.74) is 0.649. The first-order valence-corrected chi connectivity index (χ1v) is 12.0. The van der Waals surface area contributed by atoms with E-state index < -0.39 is 35.9 Å². The van der Waals surface area contributed by atoms with Gasteiger partial charge in [-0.25, -0.2) is 4.79 Å². The van der Waals surface area contributed by atoms with Crippen LogP contribution in [0.15, 0.2) is 24.3 Å². The van der Waals surface area contributed by atoms with Crippen molar-refractivity contribution in [3.8, 4) is 5.75 Å². The first-order chi connectivity index (χ1) is 16.1. The third-order valence-corrected chi connectivity index (χ3v) is 5.89. The summed E-state index contributed by atoms with van der Waals surface area (Å²) in [6.45, 7) is 4.42. The number of hydrogen-bond donors (Lipinski definition) is 7. The molecule has 10 nitrogen and oxygen atoms in total. The molecule has 1 saturated heterocycles. The molecule has 1 heterocycles. The van der Waals surface area contributed by atoms with Crippen molar-refractivity contribution in [3.63, 3.8) is 0 Å². The number of rotatable bonds is 12. The highest BCUT2D eigenvalue weighted by atomic mass is 32.1. The molecule has 11 heteroatoms. The number of phenols is 1. The minimum atomic E-state index is -1.17. The van der Waals surface area contributed by atoms with Gasteiger partial charge < -0.3 is 31.5 Å². The van der Waals surface area contributed by atoms with Gasteiger partial charge in [0.1, 0.15) is 23.9 Å². The Hall–Kier alpha value is -2.79. The zero-order valence-corrected chi connectivity index (χ0v) is 20.3. The Morgan fingerprint density at radius 1 is 1.03 bits per heavy atom. The van der Waals surface area contributed by atoms with Crippen molar-refractivity contribution in [1.29, 1.82) is 0 Å². The quantitative estimate of drug-likeness (QED) is 0.205.